The summed E-state index contributed by atoms with van der Waals surface area (Å²) in [5.41, 5.74) is 0.868. The molecule has 5 nitrogen and oxygen atoms in total. The van der Waals surface area contributed by atoms with Gasteiger partial charge in [0.1, 0.15) is 0 Å². The highest BCUT2D eigenvalue weighted by Crippen LogP contribution is 2.23. The molecule has 1 aromatic rings. The number of hydrogen-bond donors (Lipinski definition) is 0. The molecule has 2 fully saturated rings. The maximum Gasteiger partial charge on any atom is 0.341 e. The number of anilines is 1. The monoisotopic (exact) mass is 360 g/mol. The molecule has 0 saturated carbocycles. The van der Waals surface area contributed by atoms with Crippen molar-refractivity contribution in [3.8, 4) is 0 Å². The Morgan fingerprint density at radius 1 is 1.12 bits per heavy atom. The summed E-state index contributed by atoms with van der Waals surface area (Å²) >= 11 is 0. The van der Waals surface area contributed by atoms with Gasteiger partial charge in [0.25, 0.3) is 0 Å². The average molecular weight is 360 g/mol. The van der Waals surface area contributed by atoms with Gasteiger partial charge in [0.2, 0.25) is 9.84 Å². The Morgan fingerprint density at radius 3 is 2.33 bits per heavy atom. The Balaban J connectivity index is 1.56. The van der Waals surface area contributed by atoms with E-state index in [9.17, 15) is 17.2 Å². The first kappa shape index (κ1) is 17.6. The van der Waals surface area contributed by atoms with Crippen LogP contribution in [0.1, 0.15) is 6.42 Å². The summed E-state index contributed by atoms with van der Waals surface area (Å²) in [6, 6.07) is 5.74. The molecule has 2 aliphatic heterocycles. The Morgan fingerprint density at radius 2 is 1.79 bits per heavy atom. The van der Waals surface area contributed by atoms with E-state index in [1.54, 1.807) is 12.1 Å². The van der Waals surface area contributed by atoms with Gasteiger partial charge in [0.05, 0.1) is 11.5 Å². The predicted octanol–water partition coefficient (Wildman–Crippen LogP) is 1.84. The third-order valence-electron chi connectivity index (χ3n) is 4.68. The fourth-order valence-electron chi connectivity index (χ4n) is 3.23. The first-order valence-corrected chi connectivity index (χ1v) is 9.68. The molecule has 0 radical (unpaired) electrons. The summed E-state index contributed by atoms with van der Waals surface area (Å²) in [7, 11) is -4.52. The van der Waals surface area contributed by atoms with Gasteiger partial charge in [0.15, 0.2) is 0 Å². The van der Waals surface area contributed by atoms with E-state index in [-0.39, 0.29) is 4.90 Å². The molecule has 0 amide bonds. The first-order valence-electron chi connectivity index (χ1n) is 8.14. The average Bonchev–Trinajstić information content (AvgIpc) is 3.08. The SMILES string of the molecule is O=S(=O)(c1ccc(N2CCN(CC3CCOC3)CC2)cc1)C(F)F. The lowest BCUT2D eigenvalue weighted by atomic mass is 10.1. The van der Waals surface area contributed by atoms with Crippen LogP contribution in [0, 0.1) is 5.92 Å². The summed E-state index contributed by atoms with van der Waals surface area (Å²) in [6.45, 7) is 6.32. The second-order valence-electron chi connectivity index (χ2n) is 6.32. The van der Waals surface area contributed by atoms with Crippen LogP contribution in [0.4, 0.5) is 14.5 Å². The van der Waals surface area contributed by atoms with Crippen LogP contribution in [0.15, 0.2) is 29.2 Å². The van der Waals surface area contributed by atoms with E-state index < -0.39 is 15.6 Å². The third-order valence-corrected chi connectivity index (χ3v) is 6.08. The molecule has 0 N–H and O–H groups in total. The molecule has 0 aromatic heterocycles. The van der Waals surface area contributed by atoms with E-state index in [2.05, 4.69) is 9.80 Å². The number of benzene rings is 1. The minimum Gasteiger partial charge on any atom is -0.381 e. The quantitative estimate of drug-likeness (QED) is 0.802. The lowest BCUT2D eigenvalue weighted by Crippen LogP contribution is -2.47. The molecular weight excluding hydrogens is 338 g/mol. The summed E-state index contributed by atoms with van der Waals surface area (Å²) < 4.78 is 53.4. The highest BCUT2D eigenvalue weighted by molar-refractivity contribution is 7.91. The van der Waals surface area contributed by atoms with Crippen LogP contribution < -0.4 is 4.90 Å². The molecule has 134 valence electrons. The van der Waals surface area contributed by atoms with Gasteiger partial charge < -0.3 is 9.64 Å². The van der Waals surface area contributed by atoms with Crippen LogP contribution in [0.2, 0.25) is 0 Å². The van der Waals surface area contributed by atoms with Crippen molar-refractivity contribution in [3.63, 3.8) is 0 Å². The molecule has 1 aromatic carbocycles. The number of rotatable bonds is 5. The Hall–Kier alpha value is -1.25. The van der Waals surface area contributed by atoms with Gasteiger partial charge in [0, 0.05) is 45.0 Å². The third kappa shape index (κ3) is 3.87. The van der Waals surface area contributed by atoms with Gasteiger partial charge in [-0.15, -0.1) is 0 Å². The fourth-order valence-corrected chi connectivity index (χ4v) is 3.95. The number of piperazine rings is 1. The van der Waals surface area contributed by atoms with Gasteiger partial charge in [-0.05, 0) is 36.6 Å². The molecule has 3 rings (SSSR count). The fraction of sp³-hybridized carbons (Fsp3) is 0.625. The Kier molecular flexibility index (Phi) is 5.36. The molecule has 0 spiro atoms. The van der Waals surface area contributed by atoms with E-state index in [1.165, 1.54) is 12.1 Å². The highest BCUT2D eigenvalue weighted by atomic mass is 32.2. The molecule has 24 heavy (non-hydrogen) atoms. The summed E-state index contributed by atoms with van der Waals surface area (Å²) in [6.07, 6.45) is 1.13. The predicted molar refractivity (Wildman–Crippen MR) is 87.2 cm³/mol. The number of sulfone groups is 1. The van der Waals surface area contributed by atoms with Gasteiger partial charge in [-0.2, -0.15) is 8.78 Å². The molecule has 0 bridgehead atoms. The van der Waals surface area contributed by atoms with E-state index in [0.29, 0.717) is 5.92 Å². The van der Waals surface area contributed by atoms with Crippen molar-refractivity contribution >= 4 is 15.5 Å². The van der Waals surface area contributed by atoms with Crippen molar-refractivity contribution in [2.75, 3.05) is 50.8 Å². The van der Waals surface area contributed by atoms with Crippen LogP contribution in [0.5, 0.6) is 0 Å². The molecule has 2 saturated heterocycles. The van der Waals surface area contributed by atoms with Gasteiger partial charge >= 0.3 is 5.76 Å². The number of alkyl halides is 2. The van der Waals surface area contributed by atoms with E-state index in [1.807, 2.05) is 0 Å². The van der Waals surface area contributed by atoms with E-state index in [4.69, 9.17) is 4.74 Å². The second kappa shape index (κ2) is 7.33. The minimum atomic E-state index is -4.52. The van der Waals surface area contributed by atoms with Crippen LogP contribution in [0.25, 0.3) is 0 Å². The van der Waals surface area contributed by atoms with Crippen LogP contribution in [0.3, 0.4) is 0 Å². The zero-order valence-corrected chi connectivity index (χ0v) is 14.2. The highest BCUT2D eigenvalue weighted by Gasteiger charge is 2.27. The van der Waals surface area contributed by atoms with Gasteiger partial charge in [-0.1, -0.05) is 0 Å². The number of hydrogen-bond acceptors (Lipinski definition) is 5. The van der Waals surface area contributed by atoms with Crippen molar-refractivity contribution in [2.24, 2.45) is 5.92 Å². The molecular formula is C16H22F2N2O3S. The summed E-state index contributed by atoms with van der Waals surface area (Å²) in [5, 5.41) is 0. The van der Waals surface area contributed by atoms with Crippen molar-refractivity contribution < 1.29 is 21.9 Å². The molecule has 8 heteroatoms. The van der Waals surface area contributed by atoms with Crippen LogP contribution >= 0.6 is 0 Å². The van der Waals surface area contributed by atoms with E-state index in [0.717, 1.165) is 58.0 Å². The van der Waals surface area contributed by atoms with Crippen molar-refractivity contribution in [3.05, 3.63) is 24.3 Å². The molecule has 1 atom stereocenters. The molecule has 0 aliphatic carbocycles. The largest absolute Gasteiger partial charge is 0.381 e. The minimum absolute atomic E-state index is 0.332. The zero-order chi connectivity index (χ0) is 17.2. The van der Waals surface area contributed by atoms with Crippen LogP contribution in [-0.2, 0) is 14.6 Å². The lowest BCUT2D eigenvalue weighted by Gasteiger charge is -2.37. The smallest absolute Gasteiger partial charge is 0.341 e. The Bertz CT molecular complexity index is 638. The number of halogens is 2. The molecule has 2 aliphatic rings. The molecule has 2 heterocycles. The first-order chi connectivity index (χ1) is 11.5. The van der Waals surface area contributed by atoms with E-state index >= 15 is 0 Å². The van der Waals surface area contributed by atoms with Crippen molar-refractivity contribution in [1.29, 1.82) is 0 Å². The maximum absolute atomic E-state index is 12.6. The number of ether oxygens (including phenoxy) is 1. The second-order valence-corrected chi connectivity index (χ2v) is 8.23. The number of nitrogens with zero attached hydrogens (tertiary/aromatic N) is 2. The maximum atomic E-state index is 12.6. The lowest BCUT2D eigenvalue weighted by molar-refractivity contribution is 0.164. The standard InChI is InChI=1S/C16H22F2N2O3S/c17-16(18)24(21,22)15-3-1-14(2-4-15)20-8-6-19(7-9-20)11-13-5-10-23-12-13/h1-4,13,16H,5-12H2. The van der Waals surface area contributed by atoms with Crippen molar-refractivity contribution in [2.45, 2.75) is 17.1 Å². The normalized spacial score (nSPS) is 23.1. The van der Waals surface area contributed by atoms with Gasteiger partial charge in [-0.25, -0.2) is 8.42 Å². The van der Waals surface area contributed by atoms with Gasteiger partial charge in [-0.3, -0.25) is 4.90 Å². The summed E-state index contributed by atoms with van der Waals surface area (Å²) in [4.78, 5) is 4.24. The van der Waals surface area contributed by atoms with Crippen LogP contribution in [-0.4, -0.2) is 65.0 Å². The molecule has 1 unspecified atom stereocenters. The topological polar surface area (TPSA) is 49.9 Å². The summed E-state index contributed by atoms with van der Waals surface area (Å²) in [5.74, 6) is -2.76. The Labute approximate surface area is 141 Å². The van der Waals surface area contributed by atoms with Crippen molar-refractivity contribution in [1.82, 2.24) is 4.90 Å². The zero-order valence-electron chi connectivity index (χ0n) is 13.4.